The smallest absolute Gasteiger partial charge is 0.244 e. The Labute approximate surface area is 173 Å². The highest BCUT2D eigenvalue weighted by Gasteiger charge is 2.26. The van der Waals surface area contributed by atoms with E-state index in [9.17, 15) is 9.18 Å². The molecular formula is C21H23FN6O2. The molecule has 0 radical (unpaired) electrons. The molecule has 1 aromatic carbocycles. The zero-order valence-corrected chi connectivity index (χ0v) is 16.7. The molecule has 1 unspecified atom stereocenters. The molecule has 156 valence electrons. The lowest BCUT2D eigenvalue weighted by molar-refractivity contribution is -0.117. The van der Waals surface area contributed by atoms with Crippen LogP contribution in [-0.2, 0) is 4.79 Å². The highest BCUT2D eigenvalue weighted by atomic mass is 19.1. The minimum atomic E-state index is -0.327. The van der Waals surface area contributed by atoms with Crippen molar-refractivity contribution in [3.8, 4) is 11.4 Å². The average Bonchev–Trinajstić information content (AvgIpc) is 3.26. The Morgan fingerprint density at radius 2 is 1.97 bits per heavy atom. The minimum Gasteiger partial charge on any atom is -0.337 e. The fraction of sp³-hybridized carbons (Fsp3) is 0.333. The maximum absolute atomic E-state index is 13.0. The van der Waals surface area contributed by atoms with Crippen LogP contribution in [0.25, 0.3) is 11.4 Å². The van der Waals surface area contributed by atoms with E-state index in [-0.39, 0.29) is 17.8 Å². The van der Waals surface area contributed by atoms with E-state index in [1.807, 2.05) is 19.1 Å². The van der Waals surface area contributed by atoms with E-state index in [0.29, 0.717) is 23.9 Å². The lowest BCUT2D eigenvalue weighted by Gasteiger charge is -2.36. The van der Waals surface area contributed by atoms with Crippen LogP contribution in [0.2, 0.25) is 0 Å². The third-order valence-corrected chi connectivity index (χ3v) is 5.17. The first-order valence-electron chi connectivity index (χ1n) is 9.84. The number of piperazine rings is 1. The van der Waals surface area contributed by atoms with E-state index in [0.717, 1.165) is 31.7 Å². The van der Waals surface area contributed by atoms with Crippen LogP contribution in [0, 0.1) is 5.82 Å². The van der Waals surface area contributed by atoms with Gasteiger partial charge in [-0.05, 0) is 43.3 Å². The highest BCUT2D eigenvalue weighted by Crippen LogP contribution is 2.23. The van der Waals surface area contributed by atoms with E-state index in [2.05, 4.69) is 30.2 Å². The van der Waals surface area contributed by atoms with Crippen molar-refractivity contribution >= 4 is 11.6 Å². The van der Waals surface area contributed by atoms with Gasteiger partial charge < -0.3 is 9.84 Å². The zero-order valence-electron chi connectivity index (χ0n) is 16.7. The number of carbonyl (C=O) groups excluding carboxylic acids is 1. The summed E-state index contributed by atoms with van der Waals surface area (Å²) in [4.78, 5) is 25.2. The summed E-state index contributed by atoms with van der Waals surface area (Å²) in [6.07, 6.45) is 3.40. The second-order valence-electron chi connectivity index (χ2n) is 7.24. The van der Waals surface area contributed by atoms with Crippen molar-refractivity contribution in [1.29, 1.82) is 0 Å². The molecule has 1 amide bonds. The van der Waals surface area contributed by atoms with Crippen LogP contribution in [0.4, 0.5) is 10.1 Å². The largest absolute Gasteiger partial charge is 0.337 e. The quantitative estimate of drug-likeness (QED) is 0.668. The van der Waals surface area contributed by atoms with E-state index < -0.39 is 0 Å². The number of rotatable bonds is 6. The second-order valence-corrected chi connectivity index (χ2v) is 7.24. The summed E-state index contributed by atoms with van der Waals surface area (Å²) in [7, 11) is 0. The first kappa shape index (κ1) is 20.1. The Morgan fingerprint density at radius 1 is 1.20 bits per heavy atom. The summed E-state index contributed by atoms with van der Waals surface area (Å²) in [6, 6.07) is 9.47. The number of halogens is 1. The fourth-order valence-electron chi connectivity index (χ4n) is 3.42. The monoisotopic (exact) mass is 410 g/mol. The molecule has 1 N–H and O–H groups in total. The first-order valence-corrected chi connectivity index (χ1v) is 9.84. The SMILES string of the molecule is CC(c1nc(-c2cccnc2)no1)N1CCN(CC(=O)Nc2ccc(F)cc2)CC1. The van der Waals surface area contributed by atoms with Gasteiger partial charge in [0.05, 0.1) is 12.6 Å². The maximum atomic E-state index is 13.0. The fourth-order valence-corrected chi connectivity index (χ4v) is 3.42. The van der Waals surface area contributed by atoms with E-state index in [4.69, 9.17) is 4.52 Å². The molecule has 0 bridgehead atoms. The van der Waals surface area contributed by atoms with Crippen molar-refractivity contribution in [3.63, 3.8) is 0 Å². The van der Waals surface area contributed by atoms with Gasteiger partial charge in [0.2, 0.25) is 17.6 Å². The van der Waals surface area contributed by atoms with Gasteiger partial charge >= 0.3 is 0 Å². The number of pyridine rings is 1. The first-order chi connectivity index (χ1) is 14.6. The number of nitrogens with zero attached hydrogens (tertiary/aromatic N) is 5. The summed E-state index contributed by atoms with van der Waals surface area (Å²) in [6.45, 7) is 5.42. The molecule has 3 heterocycles. The standard InChI is InChI=1S/C21H23FN6O2/c1-15(21-25-20(26-30-21)16-3-2-8-23-13-16)28-11-9-27(10-12-28)14-19(29)24-18-6-4-17(22)5-7-18/h2-8,13,15H,9-12,14H2,1H3,(H,24,29). The molecule has 0 aliphatic carbocycles. The molecule has 3 aromatic rings. The van der Waals surface area contributed by atoms with Crippen LogP contribution in [0.15, 0.2) is 53.3 Å². The number of amides is 1. The number of anilines is 1. The zero-order chi connectivity index (χ0) is 20.9. The van der Waals surface area contributed by atoms with Crippen LogP contribution < -0.4 is 5.32 Å². The number of nitrogens with one attached hydrogen (secondary N) is 1. The number of aromatic nitrogens is 3. The van der Waals surface area contributed by atoms with Crippen molar-refractivity contribution in [2.75, 3.05) is 38.0 Å². The van der Waals surface area contributed by atoms with Gasteiger partial charge in [-0.15, -0.1) is 0 Å². The molecule has 8 nitrogen and oxygen atoms in total. The highest BCUT2D eigenvalue weighted by molar-refractivity contribution is 5.92. The van der Waals surface area contributed by atoms with Crippen LogP contribution >= 0.6 is 0 Å². The normalized spacial score (nSPS) is 16.3. The van der Waals surface area contributed by atoms with Gasteiger partial charge in [0.1, 0.15) is 5.82 Å². The lowest BCUT2D eigenvalue weighted by atomic mass is 10.2. The Morgan fingerprint density at radius 3 is 2.67 bits per heavy atom. The number of benzene rings is 1. The minimum absolute atomic E-state index is 0.0156. The van der Waals surface area contributed by atoms with Gasteiger partial charge in [0.15, 0.2) is 0 Å². The molecule has 0 spiro atoms. The Balaban J connectivity index is 1.27. The molecule has 1 saturated heterocycles. The van der Waals surface area contributed by atoms with Gasteiger partial charge in [-0.2, -0.15) is 4.98 Å². The Hall–Kier alpha value is -3.17. The number of carbonyl (C=O) groups is 1. The number of hydrogen-bond donors (Lipinski definition) is 1. The topological polar surface area (TPSA) is 87.4 Å². The molecular weight excluding hydrogens is 387 g/mol. The van der Waals surface area contributed by atoms with Crippen molar-refractivity contribution in [2.45, 2.75) is 13.0 Å². The van der Waals surface area contributed by atoms with Gasteiger partial charge in [0.25, 0.3) is 0 Å². The lowest BCUT2D eigenvalue weighted by Crippen LogP contribution is -2.49. The molecule has 2 aromatic heterocycles. The number of hydrogen-bond acceptors (Lipinski definition) is 7. The molecule has 1 aliphatic heterocycles. The molecule has 30 heavy (non-hydrogen) atoms. The molecule has 9 heteroatoms. The van der Waals surface area contributed by atoms with Gasteiger partial charge in [0, 0.05) is 49.8 Å². The van der Waals surface area contributed by atoms with Crippen molar-refractivity contribution < 1.29 is 13.7 Å². The van der Waals surface area contributed by atoms with Crippen molar-refractivity contribution in [1.82, 2.24) is 24.9 Å². The Kier molecular flexibility index (Phi) is 6.10. The van der Waals surface area contributed by atoms with Crippen LogP contribution in [0.5, 0.6) is 0 Å². The molecule has 1 fully saturated rings. The van der Waals surface area contributed by atoms with Gasteiger partial charge in [-0.1, -0.05) is 5.16 Å². The molecule has 1 atom stereocenters. The predicted octanol–water partition coefficient (Wildman–Crippen LogP) is 2.59. The van der Waals surface area contributed by atoms with Gasteiger partial charge in [-0.3, -0.25) is 19.6 Å². The van der Waals surface area contributed by atoms with E-state index >= 15 is 0 Å². The third-order valence-electron chi connectivity index (χ3n) is 5.17. The van der Waals surface area contributed by atoms with Crippen molar-refractivity contribution in [3.05, 3.63) is 60.5 Å². The van der Waals surface area contributed by atoms with Crippen LogP contribution in [0.3, 0.4) is 0 Å². The average molecular weight is 410 g/mol. The van der Waals surface area contributed by atoms with Crippen molar-refractivity contribution in [2.24, 2.45) is 0 Å². The summed E-state index contributed by atoms with van der Waals surface area (Å²) >= 11 is 0. The summed E-state index contributed by atoms with van der Waals surface area (Å²) in [5.41, 5.74) is 1.41. The Bertz CT molecular complexity index is 971. The third kappa shape index (κ3) is 4.87. The van der Waals surface area contributed by atoms with E-state index in [1.54, 1.807) is 24.5 Å². The summed E-state index contributed by atoms with van der Waals surface area (Å²) in [5, 5.41) is 6.86. The molecule has 1 aliphatic rings. The maximum Gasteiger partial charge on any atom is 0.244 e. The summed E-state index contributed by atoms with van der Waals surface area (Å²) in [5.74, 6) is 0.658. The van der Waals surface area contributed by atoms with Crippen LogP contribution in [-0.4, -0.2) is 63.6 Å². The molecule has 4 rings (SSSR count). The van der Waals surface area contributed by atoms with E-state index in [1.165, 1.54) is 12.1 Å². The van der Waals surface area contributed by atoms with Crippen LogP contribution in [0.1, 0.15) is 18.9 Å². The summed E-state index contributed by atoms with van der Waals surface area (Å²) < 4.78 is 18.4. The molecule has 0 saturated carbocycles. The predicted molar refractivity (Wildman–Crippen MR) is 109 cm³/mol. The van der Waals surface area contributed by atoms with Gasteiger partial charge in [-0.25, -0.2) is 4.39 Å². The second kappa shape index (κ2) is 9.10.